The number of benzene rings is 1. The summed E-state index contributed by atoms with van der Waals surface area (Å²) in [5, 5.41) is 11.3. The average molecular weight is 294 g/mol. The maximum absolute atomic E-state index is 12.1. The van der Waals surface area contributed by atoms with Crippen molar-refractivity contribution in [3.8, 4) is 0 Å². The minimum atomic E-state index is -0.482. The summed E-state index contributed by atoms with van der Waals surface area (Å²) in [6.45, 7) is 0.173. The van der Waals surface area contributed by atoms with Crippen molar-refractivity contribution in [1.29, 1.82) is 0 Å². The van der Waals surface area contributed by atoms with Gasteiger partial charge in [0.25, 0.3) is 5.69 Å². The third-order valence-corrected chi connectivity index (χ3v) is 3.63. The zero-order valence-corrected chi connectivity index (χ0v) is 11.3. The second-order valence-electron chi connectivity index (χ2n) is 4.88. The van der Waals surface area contributed by atoms with Crippen molar-refractivity contribution in [2.45, 2.75) is 25.4 Å². The van der Waals surface area contributed by atoms with E-state index in [1.165, 1.54) is 10.6 Å². The molecule has 1 aromatic heterocycles. The second-order valence-corrected chi connectivity index (χ2v) is 5.31. The van der Waals surface area contributed by atoms with Crippen molar-refractivity contribution in [3.63, 3.8) is 0 Å². The molecule has 2 aromatic rings. The van der Waals surface area contributed by atoms with Gasteiger partial charge < -0.3 is 0 Å². The molecule has 1 aliphatic rings. The van der Waals surface area contributed by atoms with Crippen LogP contribution in [0.4, 0.5) is 5.69 Å². The molecular formula is C13H12ClN3O3. The van der Waals surface area contributed by atoms with Gasteiger partial charge in [-0.15, -0.1) is 0 Å². The van der Waals surface area contributed by atoms with Gasteiger partial charge in [-0.05, 0) is 25.0 Å². The number of rotatable bonds is 4. The molecule has 0 spiro atoms. The molecule has 0 unspecified atom stereocenters. The Bertz CT molecular complexity index is 731. The Balaban J connectivity index is 1.95. The number of hydrogen-bond acceptors (Lipinski definition) is 3. The fourth-order valence-corrected chi connectivity index (χ4v) is 2.37. The van der Waals surface area contributed by atoms with Crippen molar-refractivity contribution in [2.75, 3.05) is 0 Å². The molecule has 1 fully saturated rings. The fourth-order valence-electron chi connectivity index (χ4n) is 2.20. The molecule has 0 bridgehead atoms. The number of nitro groups is 1. The molecule has 1 aliphatic carbocycles. The van der Waals surface area contributed by atoms with Crippen molar-refractivity contribution < 1.29 is 4.92 Å². The second kappa shape index (κ2) is 4.79. The number of halogens is 1. The minimum Gasteiger partial charge on any atom is -0.296 e. The van der Waals surface area contributed by atoms with E-state index in [9.17, 15) is 14.9 Å². The highest BCUT2D eigenvalue weighted by Crippen LogP contribution is 2.33. The lowest BCUT2D eigenvalue weighted by molar-refractivity contribution is -0.385. The van der Waals surface area contributed by atoms with Crippen LogP contribution in [-0.4, -0.2) is 14.1 Å². The summed E-state index contributed by atoms with van der Waals surface area (Å²) < 4.78 is 3.16. The van der Waals surface area contributed by atoms with E-state index in [1.807, 2.05) is 0 Å². The van der Waals surface area contributed by atoms with Gasteiger partial charge in [-0.25, -0.2) is 4.79 Å². The summed E-state index contributed by atoms with van der Waals surface area (Å²) in [6, 6.07) is 4.78. The molecule has 1 saturated carbocycles. The zero-order chi connectivity index (χ0) is 14.3. The Morgan fingerprint density at radius 1 is 1.35 bits per heavy atom. The summed E-state index contributed by atoms with van der Waals surface area (Å²) in [7, 11) is 0. The lowest BCUT2D eigenvalue weighted by Gasteiger charge is -2.04. The summed E-state index contributed by atoms with van der Waals surface area (Å²) >= 11 is 5.77. The molecule has 0 N–H and O–H groups in total. The highest BCUT2D eigenvalue weighted by molar-refractivity contribution is 6.30. The van der Waals surface area contributed by atoms with Crippen molar-refractivity contribution in [3.05, 3.63) is 61.8 Å². The highest BCUT2D eigenvalue weighted by atomic mass is 35.5. The van der Waals surface area contributed by atoms with Crippen LogP contribution in [0.2, 0.25) is 5.02 Å². The summed E-state index contributed by atoms with van der Waals surface area (Å²) in [4.78, 5) is 22.7. The Morgan fingerprint density at radius 2 is 2.10 bits per heavy atom. The maximum atomic E-state index is 12.1. The molecule has 0 amide bonds. The number of aromatic nitrogens is 2. The highest BCUT2D eigenvalue weighted by Gasteiger charge is 2.26. The first-order chi connectivity index (χ1) is 9.56. The maximum Gasteiger partial charge on any atom is 0.328 e. The Labute approximate surface area is 119 Å². The largest absolute Gasteiger partial charge is 0.328 e. The van der Waals surface area contributed by atoms with Crippen LogP contribution in [-0.2, 0) is 6.54 Å². The van der Waals surface area contributed by atoms with Crippen LogP contribution in [0.25, 0.3) is 0 Å². The molecule has 20 heavy (non-hydrogen) atoms. The summed E-state index contributed by atoms with van der Waals surface area (Å²) in [6.07, 6.45) is 5.44. The Kier molecular flexibility index (Phi) is 3.10. The van der Waals surface area contributed by atoms with Crippen LogP contribution >= 0.6 is 11.6 Å². The molecule has 7 heteroatoms. The smallest absolute Gasteiger partial charge is 0.296 e. The van der Waals surface area contributed by atoms with Gasteiger partial charge >= 0.3 is 5.69 Å². The molecule has 0 aliphatic heterocycles. The summed E-state index contributed by atoms with van der Waals surface area (Å²) in [5.74, 6) is 0. The molecule has 0 radical (unpaired) electrons. The number of nitrogens with zero attached hydrogens (tertiary/aromatic N) is 3. The van der Waals surface area contributed by atoms with Gasteiger partial charge in [0, 0.05) is 35.1 Å². The van der Waals surface area contributed by atoms with Crippen LogP contribution in [0.15, 0.2) is 35.4 Å². The quantitative estimate of drug-likeness (QED) is 0.642. The lowest BCUT2D eigenvalue weighted by Crippen LogP contribution is -2.24. The molecule has 3 rings (SSSR count). The molecule has 0 saturated heterocycles. The fraction of sp³-hybridized carbons (Fsp3) is 0.308. The van der Waals surface area contributed by atoms with Crippen molar-refractivity contribution in [1.82, 2.24) is 9.13 Å². The van der Waals surface area contributed by atoms with Gasteiger partial charge in [0.15, 0.2) is 0 Å². The molecule has 104 valence electrons. The predicted molar refractivity (Wildman–Crippen MR) is 74.2 cm³/mol. The predicted octanol–water partition coefficient (Wildman–Crippen LogP) is 2.59. The van der Waals surface area contributed by atoms with Crippen LogP contribution < -0.4 is 5.69 Å². The minimum absolute atomic E-state index is 0.0661. The molecule has 1 aromatic carbocycles. The van der Waals surface area contributed by atoms with E-state index in [-0.39, 0.29) is 17.9 Å². The lowest BCUT2D eigenvalue weighted by atomic mass is 10.2. The van der Waals surface area contributed by atoms with E-state index in [2.05, 4.69) is 0 Å². The molecule has 0 atom stereocenters. The zero-order valence-electron chi connectivity index (χ0n) is 10.5. The SMILES string of the molecule is O=c1n(Cc2ccc(Cl)cc2[N+](=O)[O-])ccn1C1CC1. The van der Waals surface area contributed by atoms with Gasteiger partial charge in [0.2, 0.25) is 0 Å². The monoisotopic (exact) mass is 293 g/mol. The molecule has 1 heterocycles. The van der Waals surface area contributed by atoms with Crippen molar-refractivity contribution in [2.24, 2.45) is 0 Å². The van der Waals surface area contributed by atoms with Crippen LogP contribution in [0.1, 0.15) is 24.4 Å². The van der Waals surface area contributed by atoms with E-state index in [1.54, 1.807) is 29.1 Å². The van der Waals surface area contributed by atoms with Gasteiger partial charge in [0.05, 0.1) is 11.5 Å². The first kappa shape index (κ1) is 12.9. The van der Waals surface area contributed by atoms with Crippen LogP contribution in [0, 0.1) is 10.1 Å². The van der Waals surface area contributed by atoms with E-state index in [4.69, 9.17) is 11.6 Å². The van der Waals surface area contributed by atoms with E-state index < -0.39 is 4.92 Å². The van der Waals surface area contributed by atoms with Crippen molar-refractivity contribution >= 4 is 17.3 Å². The van der Waals surface area contributed by atoms with E-state index >= 15 is 0 Å². The van der Waals surface area contributed by atoms with E-state index in [0.717, 1.165) is 12.8 Å². The number of nitro benzene ring substituents is 1. The standard InChI is InChI=1S/C13H12ClN3O3/c14-10-2-1-9(12(7-10)17(19)20)8-15-5-6-16(13(15)18)11-3-4-11/h1-2,5-7,11H,3-4,8H2. The van der Waals surface area contributed by atoms with Crippen LogP contribution in [0.3, 0.4) is 0 Å². The normalized spacial score (nSPS) is 14.4. The van der Waals surface area contributed by atoms with Gasteiger partial charge in [-0.2, -0.15) is 0 Å². The first-order valence-corrected chi connectivity index (χ1v) is 6.64. The number of imidazole rings is 1. The third-order valence-electron chi connectivity index (χ3n) is 3.40. The first-order valence-electron chi connectivity index (χ1n) is 6.26. The molecule has 6 nitrogen and oxygen atoms in total. The van der Waals surface area contributed by atoms with Crippen LogP contribution in [0.5, 0.6) is 0 Å². The number of hydrogen-bond donors (Lipinski definition) is 0. The van der Waals surface area contributed by atoms with Gasteiger partial charge in [-0.3, -0.25) is 19.2 Å². The average Bonchev–Trinajstić information content (AvgIpc) is 3.18. The van der Waals surface area contributed by atoms with E-state index in [0.29, 0.717) is 16.6 Å². The molecular weight excluding hydrogens is 282 g/mol. The van der Waals surface area contributed by atoms with Gasteiger partial charge in [0.1, 0.15) is 0 Å². The Morgan fingerprint density at radius 3 is 2.75 bits per heavy atom. The van der Waals surface area contributed by atoms with Gasteiger partial charge in [-0.1, -0.05) is 11.6 Å². The topological polar surface area (TPSA) is 70.1 Å². The summed E-state index contributed by atoms with van der Waals surface area (Å²) in [5.41, 5.74) is 0.273. The third kappa shape index (κ3) is 2.34. The Hall–Kier alpha value is -2.08.